The van der Waals surface area contributed by atoms with E-state index in [2.05, 4.69) is 10.6 Å². The number of hydrogen-bond acceptors (Lipinski definition) is 7. The normalized spacial score (nSPS) is 20.9. The molecule has 126 valence electrons. The number of epoxide rings is 1. The summed E-state index contributed by atoms with van der Waals surface area (Å²) in [6.07, 6.45) is 0.551. The molecule has 1 aliphatic heterocycles. The molecule has 0 bridgehead atoms. The molecule has 9 heteroatoms. The van der Waals surface area contributed by atoms with Crippen LogP contribution in [0.5, 0.6) is 0 Å². The number of carbonyl (C=O) groups excluding carboxylic acids is 3. The number of rotatable bonds is 10. The van der Waals surface area contributed by atoms with Gasteiger partial charge in [0.25, 0.3) is 5.91 Å². The minimum Gasteiger partial charge on any atom is -0.464 e. The molecule has 1 fully saturated rings. The zero-order chi connectivity index (χ0) is 16.5. The fourth-order valence-electron chi connectivity index (χ4n) is 1.78. The summed E-state index contributed by atoms with van der Waals surface area (Å²) < 4.78 is 9.76. The molecule has 0 aromatic carbocycles. The topological polar surface area (TPSA) is 117 Å². The molecule has 0 aromatic heterocycles. The number of aliphatic hydroxyl groups is 1. The van der Waals surface area contributed by atoms with Crippen molar-refractivity contribution >= 4 is 29.5 Å². The first-order valence-corrected chi connectivity index (χ1v) is 8.44. The third kappa shape index (κ3) is 5.82. The van der Waals surface area contributed by atoms with E-state index in [1.807, 2.05) is 6.26 Å². The molecule has 0 unspecified atom stereocenters. The standard InChI is InChI=1S/C13H22N2O6S/c1-3-20-13(19)10-9(21-10)12(18)15-8(4-7-22-2)11(17)14-5-6-16/h8-10,16H,3-7H2,1-2H3,(H,14,17)(H,15,18)/t8-,9-,10-/m0/s1. The van der Waals surface area contributed by atoms with Gasteiger partial charge in [0.1, 0.15) is 6.04 Å². The Morgan fingerprint density at radius 1 is 1.36 bits per heavy atom. The summed E-state index contributed by atoms with van der Waals surface area (Å²) in [5.41, 5.74) is 0. The number of ether oxygens (including phenoxy) is 2. The van der Waals surface area contributed by atoms with E-state index in [1.54, 1.807) is 18.7 Å². The third-order valence-corrected chi connectivity index (χ3v) is 3.57. The Balaban J connectivity index is 2.49. The molecule has 8 nitrogen and oxygen atoms in total. The number of amides is 2. The van der Waals surface area contributed by atoms with Gasteiger partial charge in [0.15, 0.2) is 12.2 Å². The van der Waals surface area contributed by atoms with Crippen molar-refractivity contribution < 1.29 is 29.0 Å². The Morgan fingerprint density at radius 3 is 2.68 bits per heavy atom. The second-order valence-electron chi connectivity index (χ2n) is 4.59. The van der Waals surface area contributed by atoms with Gasteiger partial charge in [-0.2, -0.15) is 11.8 Å². The van der Waals surface area contributed by atoms with Crippen LogP contribution in [0.3, 0.4) is 0 Å². The van der Waals surface area contributed by atoms with Crippen molar-refractivity contribution in [1.82, 2.24) is 10.6 Å². The predicted octanol–water partition coefficient (Wildman–Crippen LogP) is -1.34. The van der Waals surface area contributed by atoms with Crippen molar-refractivity contribution in [2.24, 2.45) is 0 Å². The van der Waals surface area contributed by atoms with E-state index in [-0.39, 0.29) is 25.7 Å². The molecule has 1 rings (SSSR count). The maximum Gasteiger partial charge on any atom is 0.338 e. The zero-order valence-corrected chi connectivity index (χ0v) is 13.5. The van der Waals surface area contributed by atoms with E-state index < -0.39 is 30.1 Å². The average Bonchev–Trinajstić information content (AvgIpc) is 3.29. The van der Waals surface area contributed by atoms with Crippen molar-refractivity contribution in [2.45, 2.75) is 31.6 Å². The van der Waals surface area contributed by atoms with Gasteiger partial charge in [-0.05, 0) is 25.4 Å². The van der Waals surface area contributed by atoms with E-state index in [1.165, 1.54) is 0 Å². The predicted molar refractivity (Wildman–Crippen MR) is 80.3 cm³/mol. The average molecular weight is 334 g/mol. The van der Waals surface area contributed by atoms with Gasteiger partial charge < -0.3 is 25.2 Å². The SMILES string of the molecule is CCOC(=O)[C@H]1O[C@@H]1C(=O)N[C@@H](CCSC)C(=O)NCCO. The van der Waals surface area contributed by atoms with Crippen LogP contribution in [0.2, 0.25) is 0 Å². The quantitative estimate of drug-likeness (QED) is 0.334. The molecule has 0 aliphatic carbocycles. The Hall–Kier alpha value is -1.32. The number of nitrogens with one attached hydrogen (secondary N) is 2. The van der Waals surface area contributed by atoms with Gasteiger partial charge in [-0.15, -0.1) is 0 Å². The lowest BCUT2D eigenvalue weighted by Crippen LogP contribution is -2.49. The second kappa shape index (κ2) is 9.65. The van der Waals surface area contributed by atoms with Crippen molar-refractivity contribution in [3.8, 4) is 0 Å². The van der Waals surface area contributed by atoms with Crippen LogP contribution in [0.25, 0.3) is 0 Å². The Labute approximate surface area is 133 Å². The molecule has 1 saturated heterocycles. The van der Waals surface area contributed by atoms with Crippen molar-refractivity contribution in [3.05, 3.63) is 0 Å². The van der Waals surface area contributed by atoms with Crippen LogP contribution < -0.4 is 10.6 Å². The smallest absolute Gasteiger partial charge is 0.338 e. The van der Waals surface area contributed by atoms with Gasteiger partial charge in [-0.25, -0.2) is 4.79 Å². The van der Waals surface area contributed by atoms with Crippen LogP contribution in [0.1, 0.15) is 13.3 Å². The minimum atomic E-state index is -0.901. The molecule has 22 heavy (non-hydrogen) atoms. The van der Waals surface area contributed by atoms with E-state index in [0.717, 1.165) is 0 Å². The van der Waals surface area contributed by atoms with Gasteiger partial charge in [0.05, 0.1) is 13.2 Å². The molecule has 0 aromatic rings. The maximum atomic E-state index is 12.0. The molecule has 3 N–H and O–H groups in total. The fourth-order valence-corrected chi connectivity index (χ4v) is 2.25. The largest absolute Gasteiger partial charge is 0.464 e. The van der Waals surface area contributed by atoms with Gasteiger partial charge in [-0.3, -0.25) is 9.59 Å². The lowest BCUT2D eigenvalue weighted by molar-refractivity contribution is -0.144. The highest BCUT2D eigenvalue weighted by Crippen LogP contribution is 2.23. The summed E-state index contributed by atoms with van der Waals surface area (Å²) in [6.45, 7) is 1.83. The molecule has 0 spiro atoms. The van der Waals surface area contributed by atoms with E-state index >= 15 is 0 Å². The van der Waals surface area contributed by atoms with Crippen LogP contribution >= 0.6 is 11.8 Å². The molecular formula is C13H22N2O6S. The molecule has 3 atom stereocenters. The number of hydrogen-bond donors (Lipinski definition) is 3. The molecule has 2 amide bonds. The van der Waals surface area contributed by atoms with Crippen LogP contribution in [0, 0.1) is 0 Å². The Morgan fingerprint density at radius 2 is 2.09 bits per heavy atom. The monoisotopic (exact) mass is 334 g/mol. The van der Waals surface area contributed by atoms with E-state index in [0.29, 0.717) is 12.2 Å². The number of aliphatic hydroxyl groups excluding tert-OH is 1. The first kappa shape index (κ1) is 18.7. The summed E-state index contributed by atoms with van der Waals surface area (Å²) in [5, 5.41) is 13.8. The van der Waals surface area contributed by atoms with Crippen LogP contribution in [0.15, 0.2) is 0 Å². The number of esters is 1. The van der Waals surface area contributed by atoms with Gasteiger partial charge in [-0.1, -0.05) is 0 Å². The lowest BCUT2D eigenvalue weighted by atomic mass is 10.2. The lowest BCUT2D eigenvalue weighted by Gasteiger charge is -2.17. The summed E-state index contributed by atoms with van der Waals surface area (Å²) >= 11 is 1.55. The van der Waals surface area contributed by atoms with Crippen LogP contribution in [-0.2, 0) is 23.9 Å². The molecule has 0 saturated carbocycles. The highest BCUT2D eigenvalue weighted by molar-refractivity contribution is 7.98. The van der Waals surface area contributed by atoms with E-state index in [9.17, 15) is 14.4 Å². The van der Waals surface area contributed by atoms with Crippen molar-refractivity contribution in [3.63, 3.8) is 0 Å². The fraction of sp³-hybridized carbons (Fsp3) is 0.769. The highest BCUT2D eigenvalue weighted by Gasteiger charge is 2.52. The van der Waals surface area contributed by atoms with Gasteiger partial charge in [0.2, 0.25) is 5.91 Å². The summed E-state index contributed by atoms with van der Waals surface area (Å²) in [7, 11) is 0. The van der Waals surface area contributed by atoms with Gasteiger partial charge >= 0.3 is 5.97 Å². The zero-order valence-electron chi connectivity index (χ0n) is 12.7. The summed E-state index contributed by atoms with van der Waals surface area (Å²) in [6, 6.07) is -0.724. The van der Waals surface area contributed by atoms with Crippen LogP contribution in [-0.4, -0.2) is 72.9 Å². The number of thioether (sulfide) groups is 1. The molecule has 0 radical (unpaired) electrons. The third-order valence-electron chi connectivity index (χ3n) is 2.92. The Bertz CT molecular complexity index is 406. The van der Waals surface area contributed by atoms with Gasteiger partial charge in [0, 0.05) is 6.54 Å². The summed E-state index contributed by atoms with van der Waals surface area (Å²) in [4.78, 5) is 35.3. The first-order chi connectivity index (χ1) is 10.5. The first-order valence-electron chi connectivity index (χ1n) is 7.05. The van der Waals surface area contributed by atoms with E-state index in [4.69, 9.17) is 14.6 Å². The highest BCUT2D eigenvalue weighted by atomic mass is 32.2. The minimum absolute atomic E-state index is 0.121. The van der Waals surface area contributed by atoms with Crippen LogP contribution in [0.4, 0.5) is 0 Å². The Kier molecular flexibility index (Phi) is 8.21. The molecule has 1 aliphatic rings. The maximum absolute atomic E-state index is 12.0. The van der Waals surface area contributed by atoms with Crippen molar-refractivity contribution in [1.29, 1.82) is 0 Å². The van der Waals surface area contributed by atoms with Crippen molar-refractivity contribution in [2.75, 3.05) is 31.8 Å². The second-order valence-corrected chi connectivity index (χ2v) is 5.57. The molecular weight excluding hydrogens is 312 g/mol. The molecule has 1 heterocycles. The summed E-state index contributed by atoms with van der Waals surface area (Å²) in [5.74, 6) is -0.772. The number of carbonyl (C=O) groups is 3.